The molecule has 0 radical (unpaired) electrons. The van der Waals surface area contributed by atoms with Crippen LogP contribution in [-0.4, -0.2) is 35.4 Å². The molecule has 138 valence electrons. The number of nitrogens with zero attached hydrogens (tertiary/aromatic N) is 2. The van der Waals surface area contributed by atoms with Crippen LogP contribution < -0.4 is 5.73 Å². The first-order valence-corrected chi connectivity index (χ1v) is 9.27. The molecule has 1 unspecified atom stereocenters. The van der Waals surface area contributed by atoms with Gasteiger partial charge in [-0.15, -0.1) is 0 Å². The predicted molar refractivity (Wildman–Crippen MR) is 105 cm³/mol. The zero-order valence-electron chi connectivity index (χ0n) is 15.4. The molecule has 0 saturated carbocycles. The normalized spacial score (nSPS) is 16.7. The number of aromatic nitrogens is 1. The van der Waals surface area contributed by atoms with E-state index in [0.29, 0.717) is 36.2 Å². The second-order valence-corrected chi connectivity index (χ2v) is 7.08. The van der Waals surface area contributed by atoms with Crippen LogP contribution in [0.3, 0.4) is 0 Å². The highest BCUT2D eigenvalue weighted by molar-refractivity contribution is 6.00. The van der Waals surface area contributed by atoms with Crippen LogP contribution in [0.4, 0.5) is 0 Å². The lowest BCUT2D eigenvalue weighted by Gasteiger charge is -2.17. The second-order valence-electron chi connectivity index (χ2n) is 7.08. The minimum atomic E-state index is 0.0108. The molecular formula is C22H23N3O2. The highest BCUT2D eigenvalue weighted by atomic mass is 16.4. The van der Waals surface area contributed by atoms with Crippen LogP contribution in [0.2, 0.25) is 0 Å². The average Bonchev–Trinajstić information content (AvgIpc) is 3.38. The van der Waals surface area contributed by atoms with Crippen molar-refractivity contribution in [2.45, 2.75) is 13.3 Å². The van der Waals surface area contributed by atoms with Crippen molar-refractivity contribution < 1.29 is 9.21 Å². The Morgan fingerprint density at radius 2 is 2.00 bits per heavy atom. The fourth-order valence-electron chi connectivity index (χ4n) is 3.49. The van der Waals surface area contributed by atoms with Gasteiger partial charge < -0.3 is 15.1 Å². The van der Waals surface area contributed by atoms with Crippen LogP contribution in [0.15, 0.2) is 59.1 Å². The Hall–Kier alpha value is -2.92. The maximum Gasteiger partial charge on any atom is 0.254 e. The Balaban J connectivity index is 1.64. The summed E-state index contributed by atoms with van der Waals surface area (Å²) in [7, 11) is 0. The number of amides is 1. The van der Waals surface area contributed by atoms with Crippen molar-refractivity contribution in [3.63, 3.8) is 0 Å². The van der Waals surface area contributed by atoms with Crippen LogP contribution in [0.25, 0.3) is 22.8 Å². The van der Waals surface area contributed by atoms with Gasteiger partial charge in [0.1, 0.15) is 0 Å². The molecule has 5 nitrogen and oxygen atoms in total. The summed E-state index contributed by atoms with van der Waals surface area (Å²) in [5.41, 5.74) is 9.25. The van der Waals surface area contributed by atoms with Crippen molar-refractivity contribution in [2.24, 2.45) is 11.7 Å². The van der Waals surface area contributed by atoms with Gasteiger partial charge in [-0.05, 0) is 37.9 Å². The van der Waals surface area contributed by atoms with E-state index >= 15 is 0 Å². The fraction of sp³-hybridized carbons (Fsp3) is 0.273. The van der Waals surface area contributed by atoms with Gasteiger partial charge in [-0.1, -0.05) is 42.0 Å². The summed E-state index contributed by atoms with van der Waals surface area (Å²) in [6, 6.07) is 15.6. The number of hydrogen-bond donors (Lipinski definition) is 1. The van der Waals surface area contributed by atoms with Gasteiger partial charge in [0.2, 0.25) is 5.89 Å². The zero-order valence-corrected chi connectivity index (χ0v) is 15.4. The quantitative estimate of drug-likeness (QED) is 0.768. The van der Waals surface area contributed by atoms with E-state index in [0.717, 1.165) is 24.1 Å². The highest BCUT2D eigenvalue weighted by Gasteiger charge is 2.28. The molecule has 4 rings (SSSR count). The molecule has 1 fully saturated rings. The smallest absolute Gasteiger partial charge is 0.254 e. The molecule has 1 aromatic heterocycles. The topological polar surface area (TPSA) is 72.4 Å². The molecule has 1 aliphatic rings. The molecule has 1 saturated heterocycles. The summed E-state index contributed by atoms with van der Waals surface area (Å²) in [6.07, 6.45) is 2.67. The van der Waals surface area contributed by atoms with Gasteiger partial charge in [0.15, 0.2) is 5.76 Å². The number of aryl methyl sites for hydroxylation is 1. The van der Waals surface area contributed by atoms with Crippen molar-refractivity contribution in [1.82, 2.24) is 9.88 Å². The Bertz CT molecular complexity index is 946. The maximum atomic E-state index is 13.0. The Labute approximate surface area is 158 Å². The maximum absolute atomic E-state index is 13.0. The molecule has 3 aromatic rings. The molecule has 0 spiro atoms. The Kier molecular flexibility index (Phi) is 4.77. The van der Waals surface area contributed by atoms with Crippen LogP contribution in [-0.2, 0) is 0 Å². The monoisotopic (exact) mass is 361 g/mol. The van der Waals surface area contributed by atoms with Gasteiger partial charge in [-0.2, -0.15) is 0 Å². The number of oxazole rings is 1. The number of nitrogens with two attached hydrogens (primary N) is 1. The van der Waals surface area contributed by atoms with Crippen molar-refractivity contribution in [1.29, 1.82) is 0 Å². The summed E-state index contributed by atoms with van der Waals surface area (Å²) in [4.78, 5) is 19.3. The van der Waals surface area contributed by atoms with E-state index in [4.69, 9.17) is 10.2 Å². The lowest BCUT2D eigenvalue weighted by Crippen LogP contribution is -2.30. The number of rotatable bonds is 4. The molecule has 2 heterocycles. The van der Waals surface area contributed by atoms with Gasteiger partial charge in [-0.3, -0.25) is 4.79 Å². The first kappa shape index (κ1) is 17.5. The van der Waals surface area contributed by atoms with E-state index < -0.39 is 0 Å². The lowest BCUT2D eigenvalue weighted by atomic mass is 10.1. The number of carbonyl (C=O) groups excluding carboxylic acids is 1. The van der Waals surface area contributed by atoms with Gasteiger partial charge >= 0.3 is 0 Å². The SMILES string of the molecule is Cc1ccc(-c2cnc(-c3ccccc3C(=O)N3CCC(CN)C3)o2)cc1. The second kappa shape index (κ2) is 7.37. The molecule has 0 bridgehead atoms. The zero-order chi connectivity index (χ0) is 18.8. The molecule has 1 aliphatic heterocycles. The first-order chi connectivity index (χ1) is 13.2. The van der Waals surface area contributed by atoms with Gasteiger partial charge in [-0.25, -0.2) is 4.98 Å². The Morgan fingerprint density at radius 3 is 2.74 bits per heavy atom. The number of benzene rings is 2. The molecule has 2 aromatic carbocycles. The number of hydrogen-bond acceptors (Lipinski definition) is 4. The molecule has 1 amide bonds. The van der Waals surface area contributed by atoms with Crippen LogP contribution in [0, 0.1) is 12.8 Å². The van der Waals surface area contributed by atoms with Crippen LogP contribution in [0.1, 0.15) is 22.3 Å². The lowest BCUT2D eigenvalue weighted by molar-refractivity contribution is 0.0788. The molecule has 1 atom stereocenters. The largest absolute Gasteiger partial charge is 0.436 e. The van der Waals surface area contributed by atoms with E-state index in [1.165, 1.54) is 5.56 Å². The summed E-state index contributed by atoms with van der Waals surface area (Å²) < 4.78 is 5.99. The van der Waals surface area contributed by atoms with Gasteiger partial charge in [0.05, 0.1) is 11.8 Å². The summed E-state index contributed by atoms with van der Waals surface area (Å²) in [5, 5.41) is 0. The molecule has 5 heteroatoms. The molecule has 2 N–H and O–H groups in total. The van der Waals surface area contributed by atoms with Gasteiger partial charge in [0, 0.05) is 24.2 Å². The van der Waals surface area contributed by atoms with Gasteiger partial charge in [0.25, 0.3) is 5.91 Å². The summed E-state index contributed by atoms with van der Waals surface area (Å²) in [6.45, 7) is 4.12. The van der Waals surface area contributed by atoms with Crippen molar-refractivity contribution in [2.75, 3.05) is 19.6 Å². The summed E-state index contributed by atoms with van der Waals surface area (Å²) >= 11 is 0. The van der Waals surface area contributed by atoms with Crippen LogP contribution in [0.5, 0.6) is 0 Å². The van der Waals surface area contributed by atoms with E-state index in [9.17, 15) is 4.79 Å². The average molecular weight is 361 g/mol. The van der Waals surface area contributed by atoms with E-state index in [1.54, 1.807) is 6.20 Å². The number of carbonyl (C=O) groups is 1. The first-order valence-electron chi connectivity index (χ1n) is 9.27. The standard InChI is InChI=1S/C22H23N3O2/c1-15-6-8-17(9-7-15)20-13-24-21(27-20)18-4-2-3-5-19(18)22(26)25-11-10-16(12-23)14-25/h2-9,13,16H,10-12,14,23H2,1H3. The predicted octanol–water partition coefficient (Wildman–Crippen LogP) is 3.74. The third-order valence-corrected chi connectivity index (χ3v) is 5.14. The number of likely N-dealkylation sites (tertiary alicyclic amines) is 1. The van der Waals surface area contributed by atoms with Crippen LogP contribution >= 0.6 is 0 Å². The third kappa shape index (κ3) is 3.51. The Morgan fingerprint density at radius 1 is 1.22 bits per heavy atom. The van der Waals surface area contributed by atoms with E-state index in [-0.39, 0.29) is 5.91 Å². The van der Waals surface area contributed by atoms with Crippen molar-refractivity contribution in [3.8, 4) is 22.8 Å². The van der Waals surface area contributed by atoms with E-state index in [1.807, 2.05) is 60.4 Å². The minimum Gasteiger partial charge on any atom is -0.436 e. The molecule has 27 heavy (non-hydrogen) atoms. The van der Waals surface area contributed by atoms with Crippen molar-refractivity contribution >= 4 is 5.91 Å². The summed E-state index contributed by atoms with van der Waals surface area (Å²) in [5.74, 6) is 1.55. The minimum absolute atomic E-state index is 0.0108. The van der Waals surface area contributed by atoms with Crippen molar-refractivity contribution in [3.05, 3.63) is 65.9 Å². The third-order valence-electron chi connectivity index (χ3n) is 5.14. The molecular weight excluding hydrogens is 338 g/mol. The highest BCUT2D eigenvalue weighted by Crippen LogP contribution is 2.30. The van der Waals surface area contributed by atoms with E-state index in [2.05, 4.69) is 4.98 Å². The fourth-order valence-corrected chi connectivity index (χ4v) is 3.49. The molecule has 0 aliphatic carbocycles.